The van der Waals surface area contributed by atoms with Crippen molar-refractivity contribution in [3.63, 3.8) is 0 Å². The van der Waals surface area contributed by atoms with Crippen LogP contribution in [0, 0.1) is 10.4 Å². The highest BCUT2D eigenvalue weighted by Crippen LogP contribution is 1.91. The van der Waals surface area contributed by atoms with Crippen molar-refractivity contribution in [2.45, 2.75) is 0 Å². The number of hydrazine groups is 1. The van der Waals surface area contributed by atoms with E-state index < -0.39 is 0 Å². The molecule has 0 spiro atoms. The molecule has 0 rings (SSSR count). The first-order valence-electron chi connectivity index (χ1n) is 1.90. The molecule has 0 amide bonds. The normalized spacial score (nSPS) is 7.75. The lowest BCUT2D eigenvalue weighted by Gasteiger charge is -2.42. The number of rotatable bonds is 3. The summed E-state index contributed by atoms with van der Waals surface area (Å²) in [6.07, 6.45) is 1.68. The van der Waals surface area contributed by atoms with Gasteiger partial charge in [0.15, 0.2) is 0 Å². The summed E-state index contributed by atoms with van der Waals surface area (Å²) in [7, 11) is 0. The van der Waals surface area contributed by atoms with Crippen molar-refractivity contribution < 1.29 is 0 Å². The third-order valence-electron chi connectivity index (χ3n) is 0.507. The van der Waals surface area contributed by atoms with Gasteiger partial charge in [0, 0.05) is 12.4 Å². The van der Waals surface area contributed by atoms with E-state index in [1.54, 1.807) is 0 Å². The molecule has 0 bridgehead atoms. The second kappa shape index (κ2) is 3.06. The summed E-state index contributed by atoms with van der Waals surface area (Å²) < 4.78 is 0. The Hall–Kier alpha value is -1.00. The fourth-order valence-electron chi connectivity index (χ4n) is 0.161. The minimum atomic E-state index is 0.0208. The van der Waals surface area contributed by atoms with Gasteiger partial charge in [0.05, 0.1) is 0 Å². The SMILES string of the molecule is C=CN([O-])N([O-])C=C. The predicted molar refractivity (Wildman–Crippen MR) is 30.8 cm³/mol. The third kappa shape index (κ3) is 1.63. The smallest absolute Gasteiger partial charge is 0.000400 e. The Kier molecular flexibility index (Phi) is 2.68. The Morgan fingerprint density at radius 3 is 1.38 bits per heavy atom. The molecular formula is C4H6N2O2-2. The van der Waals surface area contributed by atoms with E-state index in [0.29, 0.717) is 0 Å². The van der Waals surface area contributed by atoms with Crippen LogP contribution in [0.25, 0.3) is 0 Å². The summed E-state index contributed by atoms with van der Waals surface area (Å²) in [6, 6.07) is 0. The summed E-state index contributed by atoms with van der Waals surface area (Å²) in [4.78, 5) is 0. The van der Waals surface area contributed by atoms with Gasteiger partial charge in [-0.1, -0.05) is 13.2 Å². The number of hydrogen-bond donors (Lipinski definition) is 0. The molecule has 0 fully saturated rings. The molecular weight excluding hydrogens is 108 g/mol. The van der Waals surface area contributed by atoms with Gasteiger partial charge in [-0.05, 0) is 0 Å². The van der Waals surface area contributed by atoms with Crippen molar-refractivity contribution in [2.24, 2.45) is 0 Å². The van der Waals surface area contributed by atoms with Crippen molar-refractivity contribution in [1.82, 2.24) is 10.3 Å². The summed E-state index contributed by atoms with van der Waals surface area (Å²) in [6.45, 7) is 6.11. The van der Waals surface area contributed by atoms with Crippen LogP contribution in [-0.4, -0.2) is 10.3 Å². The molecule has 0 aromatic carbocycles. The molecule has 0 atom stereocenters. The Labute approximate surface area is 47.4 Å². The molecule has 46 valence electrons. The van der Waals surface area contributed by atoms with Gasteiger partial charge in [-0.25, -0.2) is 0 Å². The molecule has 0 aromatic heterocycles. The van der Waals surface area contributed by atoms with Crippen molar-refractivity contribution in [1.29, 1.82) is 0 Å². The van der Waals surface area contributed by atoms with Crippen molar-refractivity contribution in [2.75, 3.05) is 0 Å². The minimum Gasteiger partial charge on any atom is -0.740 e. The summed E-state index contributed by atoms with van der Waals surface area (Å²) in [5, 5.41) is 20.2. The monoisotopic (exact) mass is 114 g/mol. The van der Waals surface area contributed by atoms with Gasteiger partial charge in [0.1, 0.15) is 0 Å². The average Bonchev–Trinajstić information content (AvgIpc) is 1.84. The summed E-state index contributed by atoms with van der Waals surface area (Å²) in [5.41, 5.74) is 0. The summed E-state index contributed by atoms with van der Waals surface area (Å²) in [5.74, 6) is 0. The predicted octanol–water partition coefficient (Wildman–Crippen LogP) is 0.788. The van der Waals surface area contributed by atoms with Crippen LogP contribution < -0.4 is 0 Å². The maximum absolute atomic E-state index is 10.1. The van der Waals surface area contributed by atoms with Gasteiger partial charge < -0.3 is 20.8 Å². The van der Waals surface area contributed by atoms with Gasteiger partial charge in [-0.3, -0.25) is 0 Å². The largest absolute Gasteiger partial charge is 0.740 e. The molecule has 0 N–H and O–H groups in total. The van der Waals surface area contributed by atoms with Crippen LogP contribution in [-0.2, 0) is 0 Å². The topological polar surface area (TPSA) is 52.6 Å². The Balaban J connectivity index is 3.60. The van der Waals surface area contributed by atoms with E-state index in [4.69, 9.17) is 0 Å². The number of hydroxylamine groups is 2. The molecule has 8 heavy (non-hydrogen) atoms. The van der Waals surface area contributed by atoms with Crippen LogP contribution in [0.15, 0.2) is 25.6 Å². The van der Waals surface area contributed by atoms with Gasteiger partial charge in [0.25, 0.3) is 0 Å². The zero-order valence-corrected chi connectivity index (χ0v) is 4.28. The van der Waals surface area contributed by atoms with E-state index in [1.807, 2.05) is 0 Å². The number of hydrogen-bond acceptors (Lipinski definition) is 4. The quantitative estimate of drug-likeness (QED) is 0.509. The maximum atomic E-state index is 10.1. The third-order valence-corrected chi connectivity index (χ3v) is 0.507. The van der Waals surface area contributed by atoms with Gasteiger partial charge in [-0.2, -0.15) is 0 Å². The first-order chi connectivity index (χ1) is 3.72. The molecule has 0 heterocycles. The lowest BCUT2D eigenvalue weighted by Crippen LogP contribution is -2.22. The fraction of sp³-hybridized carbons (Fsp3) is 0. The van der Waals surface area contributed by atoms with Crippen LogP contribution >= 0.6 is 0 Å². The molecule has 0 aliphatic heterocycles. The summed E-state index contributed by atoms with van der Waals surface area (Å²) >= 11 is 0. The van der Waals surface area contributed by atoms with Crippen LogP contribution in [0.2, 0.25) is 0 Å². The van der Waals surface area contributed by atoms with E-state index >= 15 is 0 Å². The standard InChI is InChI=1S/C4H6N2O2/c1-3-5(7)6(8)4-2/h3-4H,1-2H2/q-2. The van der Waals surface area contributed by atoms with E-state index in [2.05, 4.69) is 13.2 Å². The van der Waals surface area contributed by atoms with Crippen molar-refractivity contribution in [3.05, 3.63) is 36.0 Å². The molecule has 0 radical (unpaired) electrons. The van der Waals surface area contributed by atoms with Crippen molar-refractivity contribution in [3.8, 4) is 0 Å². The Morgan fingerprint density at radius 2 is 1.25 bits per heavy atom. The zero-order valence-electron chi connectivity index (χ0n) is 4.28. The van der Waals surface area contributed by atoms with Crippen LogP contribution in [0.4, 0.5) is 0 Å². The Bertz CT molecular complexity index is 82.0. The van der Waals surface area contributed by atoms with Crippen molar-refractivity contribution >= 4 is 0 Å². The molecule has 4 nitrogen and oxygen atoms in total. The highest BCUT2D eigenvalue weighted by molar-refractivity contribution is 4.76. The zero-order chi connectivity index (χ0) is 6.57. The molecule has 0 unspecified atom stereocenters. The molecule has 0 saturated carbocycles. The second-order valence-corrected chi connectivity index (χ2v) is 0.970. The van der Waals surface area contributed by atoms with Crippen LogP contribution in [0.5, 0.6) is 0 Å². The van der Waals surface area contributed by atoms with Crippen LogP contribution in [0.3, 0.4) is 0 Å². The molecule has 4 heteroatoms. The highest BCUT2D eigenvalue weighted by Gasteiger charge is 1.73. The number of nitrogens with zero attached hydrogens (tertiary/aromatic N) is 2. The molecule has 0 aliphatic rings. The Morgan fingerprint density at radius 1 is 1.00 bits per heavy atom. The second-order valence-electron chi connectivity index (χ2n) is 0.970. The maximum Gasteiger partial charge on any atom is 0.000400 e. The van der Waals surface area contributed by atoms with Gasteiger partial charge in [0.2, 0.25) is 0 Å². The van der Waals surface area contributed by atoms with E-state index in [-0.39, 0.29) is 10.3 Å². The molecule has 0 saturated heterocycles. The minimum absolute atomic E-state index is 0.0208. The first kappa shape index (κ1) is 7.00. The first-order valence-corrected chi connectivity index (χ1v) is 1.90. The fourth-order valence-corrected chi connectivity index (χ4v) is 0.161. The molecule has 0 aliphatic carbocycles. The van der Waals surface area contributed by atoms with Gasteiger partial charge in [-0.15, -0.1) is 0 Å². The highest BCUT2D eigenvalue weighted by atomic mass is 16.7. The van der Waals surface area contributed by atoms with E-state index in [9.17, 15) is 10.4 Å². The molecule has 0 aromatic rings. The van der Waals surface area contributed by atoms with Crippen LogP contribution in [0.1, 0.15) is 0 Å². The van der Waals surface area contributed by atoms with E-state index in [0.717, 1.165) is 12.4 Å². The van der Waals surface area contributed by atoms with Gasteiger partial charge >= 0.3 is 0 Å². The lowest BCUT2D eigenvalue weighted by molar-refractivity contribution is 0.207. The average molecular weight is 114 g/mol. The van der Waals surface area contributed by atoms with E-state index in [1.165, 1.54) is 0 Å². The lowest BCUT2D eigenvalue weighted by atomic mass is 11.0.